The van der Waals surface area contributed by atoms with Crippen molar-refractivity contribution in [2.24, 2.45) is 0 Å². The smallest absolute Gasteiger partial charge is 0.164 e. The van der Waals surface area contributed by atoms with E-state index in [0.29, 0.717) is 17.5 Å². The third kappa shape index (κ3) is 5.39. The number of aromatic nitrogens is 4. The number of rotatable bonds is 6. The Hall–Kier alpha value is -6.78. The fourth-order valence-electron chi connectivity index (χ4n) is 6.90. The molecule has 50 heavy (non-hydrogen) atoms. The summed E-state index contributed by atoms with van der Waals surface area (Å²) in [6, 6.07) is 59.2. The molecule has 0 atom stereocenters. The van der Waals surface area contributed by atoms with Gasteiger partial charge >= 0.3 is 0 Å². The molecule has 4 heteroatoms. The summed E-state index contributed by atoms with van der Waals surface area (Å²) >= 11 is 0. The molecule has 9 aromatic rings. The molecular formula is C46H30N4. The summed E-state index contributed by atoms with van der Waals surface area (Å²) in [6.07, 6.45) is 3.68. The Bertz CT molecular complexity index is 2560. The van der Waals surface area contributed by atoms with Crippen LogP contribution in [0.15, 0.2) is 182 Å². The number of hydrogen-bond acceptors (Lipinski definition) is 4. The standard InChI is InChI=1S/C46H30N4/c1-4-14-32(15-5-1)42-40-22-12-10-20-38(40)39-21-11-13-23-41(39)43(42)36-28-35(31-24-26-47-27-25-31)29-37(30-36)46-49-44(33-16-6-2-7-17-33)48-45(50-46)34-18-8-3-9-19-34/h1-30H. The van der Waals surface area contributed by atoms with Crippen molar-refractivity contribution >= 4 is 21.5 Å². The van der Waals surface area contributed by atoms with Gasteiger partial charge in [-0.2, -0.15) is 0 Å². The maximum Gasteiger partial charge on any atom is 0.164 e. The van der Waals surface area contributed by atoms with Crippen LogP contribution in [0.3, 0.4) is 0 Å². The van der Waals surface area contributed by atoms with Crippen molar-refractivity contribution in [3.05, 3.63) is 182 Å². The maximum atomic E-state index is 5.13. The van der Waals surface area contributed by atoms with Gasteiger partial charge in [0, 0.05) is 29.1 Å². The van der Waals surface area contributed by atoms with Crippen molar-refractivity contribution in [3.8, 4) is 67.5 Å². The van der Waals surface area contributed by atoms with Gasteiger partial charge in [-0.3, -0.25) is 4.98 Å². The predicted molar refractivity (Wildman–Crippen MR) is 205 cm³/mol. The predicted octanol–water partition coefficient (Wildman–Crippen LogP) is 11.6. The van der Waals surface area contributed by atoms with Gasteiger partial charge in [0.15, 0.2) is 17.5 Å². The number of pyridine rings is 1. The van der Waals surface area contributed by atoms with Gasteiger partial charge < -0.3 is 0 Å². The first kappa shape index (κ1) is 29.4. The minimum atomic E-state index is 0.612. The molecule has 0 N–H and O–H groups in total. The Morgan fingerprint density at radius 3 is 1.16 bits per heavy atom. The zero-order valence-electron chi connectivity index (χ0n) is 27.1. The molecule has 0 unspecified atom stereocenters. The summed E-state index contributed by atoms with van der Waals surface area (Å²) in [7, 11) is 0. The van der Waals surface area contributed by atoms with Crippen LogP contribution in [0.25, 0.3) is 89.1 Å². The van der Waals surface area contributed by atoms with E-state index in [1.165, 1.54) is 38.2 Å². The molecule has 0 aliphatic rings. The number of benzene rings is 7. The van der Waals surface area contributed by atoms with Gasteiger partial charge in [-0.1, -0.05) is 140 Å². The lowest BCUT2D eigenvalue weighted by Crippen LogP contribution is -2.01. The first-order valence-corrected chi connectivity index (χ1v) is 16.7. The fourth-order valence-corrected chi connectivity index (χ4v) is 6.90. The van der Waals surface area contributed by atoms with Crippen LogP contribution in [0.5, 0.6) is 0 Å². The van der Waals surface area contributed by atoms with Crippen molar-refractivity contribution in [3.63, 3.8) is 0 Å². The van der Waals surface area contributed by atoms with Gasteiger partial charge in [-0.25, -0.2) is 15.0 Å². The third-order valence-electron chi connectivity index (χ3n) is 9.19. The first-order chi connectivity index (χ1) is 24.8. The highest BCUT2D eigenvalue weighted by atomic mass is 15.0. The van der Waals surface area contributed by atoms with Crippen molar-refractivity contribution in [2.45, 2.75) is 0 Å². The lowest BCUT2D eigenvalue weighted by molar-refractivity contribution is 1.07. The number of nitrogens with zero attached hydrogens (tertiary/aromatic N) is 4. The Labute approximate surface area is 290 Å². The Kier molecular flexibility index (Phi) is 7.45. The molecule has 7 aromatic carbocycles. The monoisotopic (exact) mass is 638 g/mol. The lowest BCUT2D eigenvalue weighted by atomic mass is 9.84. The second-order valence-electron chi connectivity index (χ2n) is 12.3. The van der Waals surface area contributed by atoms with E-state index in [9.17, 15) is 0 Å². The van der Waals surface area contributed by atoms with Gasteiger partial charge in [0.25, 0.3) is 0 Å². The molecule has 0 spiro atoms. The summed E-state index contributed by atoms with van der Waals surface area (Å²) in [5.74, 6) is 1.87. The first-order valence-electron chi connectivity index (χ1n) is 16.7. The Balaban J connectivity index is 1.38. The molecular weight excluding hydrogens is 609 g/mol. The molecule has 2 heterocycles. The summed E-state index contributed by atoms with van der Waals surface area (Å²) < 4.78 is 0. The second-order valence-corrected chi connectivity index (χ2v) is 12.3. The third-order valence-corrected chi connectivity index (χ3v) is 9.19. The highest BCUT2D eigenvalue weighted by Crippen LogP contribution is 2.46. The van der Waals surface area contributed by atoms with E-state index in [-0.39, 0.29) is 0 Å². The summed E-state index contributed by atoms with van der Waals surface area (Å²) in [5.41, 5.74) is 9.51. The lowest BCUT2D eigenvalue weighted by Gasteiger charge is -2.20. The molecule has 0 amide bonds. The van der Waals surface area contributed by atoms with Crippen LogP contribution < -0.4 is 0 Å². The highest BCUT2D eigenvalue weighted by molar-refractivity contribution is 6.21. The van der Waals surface area contributed by atoms with Crippen LogP contribution in [-0.4, -0.2) is 19.9 Å². The minimum Gasteiger partial charge on any atom is -0.265 e. The van der Waals surface area contributed by atoms with Crippen LogP contribution >= 0.6 is 0 Å². The van der Waals surface area contributed by atoms with E-state index >= 15 is 0 Å². The molecule has 4 nitrogen and oxygen atoms in total. The fraction of sp³-hybridized carbons (Fsp3) is 0. The van der Waals surface area contributed by atoms with E-state index in [1.807, 2.05) is 73.1 Å². The normalized spacial score (nSPS) is 11.2. The van der Waals surface area contributed by atoms with Gasteiger partial charge in [0.2, 0.25) is 0 Å². The van der Waals surface area contributed by atoms with Crippen molar-refractivity contribution in [1.29, 1.82) is 0 Å². The zero-order chi connectivity index (χ0) is 33.3. The Morgan fingerprint density at radius 1 is 0.260 bits per heavy atom. The minimum absolute atomic E-state index is 0.612. The van der Waals surface area contributed by atoms with Gasteiger partial charge in [-0.05, 0) is 85.3 Å². The SMILES string of the molecule is c1ccc(-c2nc(-c3ccccc3)nc(-c3cc(-c4ccncc4)cc(-c4c(-c5ccccc5)c5ccccc5c5ccccc45)c3)n2)cc1. The van der Waals surface area contributed by atoms with Crippen LogP contribution in [0, 0.1) is 0 Å². The number of fused-ring (bicyclic) bond motifs is 3. The van der Waals surface area contributed by atoms with Crippen LogP contribution in [0.1, 0.15) is 0 Å². The van der Waals surface area contributed by atoms with Crippen molar-refractivity contribution in [1.82, 2.24) is 19.9 Å². The van der Waals surface area contributed by atoms with Crippen molar-refractivity contribution in [2.75, 3.05) is 0 Å². The van der Waals surface area contributed by atoms with Crippen LogP contribution in [0.4, 0.5) is 0 Å². The molecule has 0 aliphatic heterocycles. The molecule has 0 fully saturated rings. The zero-order valence-corrected chi connectivity index (χ0v) is 27.1. The largest absolute Gasteiger partial charge is 0.265 e. The summed E-state index contributed by atoms with van der Waals surface area (Å²) in [4.78, 5) is 19.5. The molecule has 234 valence electrons. The van der Waals surface area contributed by atoms with Gasteiger partial charge in [0.1, 0.15) is 0 Å². The van der Waals surface area contributed by atoms with E-state index < -0.39 is 0 Å². The quantitative estimate of drug-likeness (QED) is 0.170. The maximum absolute atomic E-state index is 5.13. The van der Waals surface area contributed by atoms with Crippen molar-refractivity contribution < 1.29 is 0 Å². The van der Waals surface area contributed by atoms with E-state index in [2.05, 4.69) is 114 Å². The molecule has 0 aliphatic carbocycles. The van der Waals surface area contributed by atoms with E-state index in [1.54, 1.807) is 0 Å². The molecule has 0 radical (unpaired) electrons. The van der Waals surface area contributed by atoms with Crippen LogP contribution in [0.2, 0.25) is 0 Å². The molecule has 2 aromatic heterocycles. The van der Waals surface area contributed by atoms with Crippen LogP contribution in [-0.2, 0) is 0 Å². The second kappa shape index (κ2) is 12.7. The molecule has 0 saturated carbocycles. The van der Waals surface area contributed by atoms with Gasteiger partial charge in [0.05, 0.1) is 0 Å². The number of hydrogen-bond donors (Lipinski definition) is 0. The van der Waals surface area contributed by atoms with E-state index in [0.717, 1.165) is 33.4 Å². The summed E-state index contributed by atoms with van der Waals surface area (Å²) in [5, 5.41) is 4.84. The molecule has 0 saturated heterocycles. The molecule has 0 bridgehead atoms. The average Bonchev–Trinajstić information content (AvgIpc) is 3.21. The van der Waals surface area contributed by atoms with Gasteiger partial charge in [-0.15, -0.1) is 0 Å². The Morgan fingerprint density at radius 2 is 0.640 bits per heavy atom. The average molecular weight is 639 g/mol. The van der Waals surface area contributed by atoms with E-state index in [4.69, 9.17) is 15.0 Å². The summed E-state index contributed by atoms with van der Waals surface area (Å²) in [6.45, 7) is 0. The molecule has 9 rings (SSSR count). The highest BCUT2D eigenvalue weighted by Gasteiger charge is 2.20. The topological polar surface area (TPSA) is 51.6 Å².